The molecule has 1 saturated heterocycles. The van der Waals surface area contributed by atoms with Crippen LogP contribution >= 0.6 is 0 Å². The summed E-state index contributed by atoms with van der Waals surface area (Å²) >= 11 is 0. The molecule has 1 aliphatic heterocycles. The summed E-state index contributed by atoms with van der Waals surface area (Å²) < 4.78 is 37.8. The maximum atomic E-state index is 12.6. The molecule has 1 N–H and O–H groups in total. The van der Waals surface area contributed by atoms with E-state index in [1.807, 2.05) is 4.90 Å². The molecular formula is C16H16F3N3O. The second-order valence-electron chi connectivity index (χ2n) is 5.56. The fraction of sp³-hybridized carbons (Fsp3) is 0.375. The summed E-state index contributed by atoms with van der Waals surface area (Å²) in [5, 5.41) is 9.74. The number of benzene rings is 1. The zero-order valence-corrected chi connectivity index (χ0v) is 12.3. The number of piperidine rings is 1. The van der Waals surface area contributed by atoms with Gasteiger partial charge in [0.05, 0.1) is 11.7 Å². The quantitative estimate of drug-likeness (QED) is 0.922. The van der Waals surface area contributed by atoms with E-state index in [2.05, 4.69) is 9.97 Å². The molecule has 2 heterocycles. The molecule has 1 aromatic carbocycles. The van der Waals surface area contributed by atoms with Gasteiger partial charge in [0, 0.05) is 24.8 Å². The summed E-state index contributed by atoms with van der Waals surface area (Å²) in [4.78, 5) is 10.5. The molecular weight excluding hydrogens is 307 g/mol. The van der Waals surface area contributed by atoms with Gasteiger partial charge in [0.1, 0.15) is 5.82 Å². The lowest BCUT2D eigenvalue weighted by molar-refractivity contribution is -0.137. The van der Waals surface area contributed by atoms with E-state index >= 15 is 0 Å². The Labute approximate surface area is 131 Å². The molecule has 2 aromatic rings. The predicted molar refractivity (Wildman–Crippen MR) is 79.9 cm³/mol. The van der Waals surface area contributed by atoms with E-state index in [0.717, 1.165) is 31.5 Å². The number of rotatable bonds is 2. The molecule has 0 saturated carbocycles. The molecule has 0 bridgehead atoms. The normalized spacial score (nSPS) is 19.0. The van der Waals surface area contributed by atoms with Crippen LogP contribution in [0.2, 0.25) is 0 Å². The largest absolute Gasteiger partial charge is 0.416 e. The minimum atomic E-state index is -4.36. The number of aromatic nitrogens is 2. The van der Waals surface area contributed by atoms with Gasteiger partial charge in [-0.25, -0.2) is 9.97 Å². The number of aliphatic hydroxyl groups excluding tert-OH is 1. The maximum absolute atomic E-state index is 12.6. The Morgan fingerprint density at radius 2 is 1.87 bits per heavy atom. The smallest absolute Gasteiger partial charge is 0.391 e. The van der Waals surface area contributed by atoms with Crippen molar-refractivity contribution < 1.29 is 18.3 Å². The number of hydrogen-bond acceptors (Lipinski definition) is 4. The van der Waals surface area contributed by atoms with Crippen molar-refractivity contribution in [1.29, 1.82) is 0 Å². The van der Waals surface area contributed by atoms with Crippen LogP contribution in [0.1, 0.15) is 18.4 Å². The van der Waals surface area contributed by atoms with Crippen LogP contribution < -0.4 is 4.90 Å². The molecule has 1 aliphatic rings. The van der Waals surface area contributed by atoms with Crippen LogP contribution in [0, 0.1) is 0 Å². The van der Waals surface area contributed by atoms with Crippen molar-refractivity contribution >= 4 is 5.82 Å². The Morgan fingerprint density at radius 1 is 1.13 bits per heavy atom. The van der Waals surface area contributed by atoms with Gasteiger partial charge in [-0.1, -0.05) is 12.1 Å². The predicted octanol–water partition coefficient (Wildman–Crippen LogP) is 3.12. The fourth-order valence-electron chi connectivity index (χ4n) is 2.64. The topological polar surface area (TPSA) is 49.2 Å². The van der Waals surface area contributed by atoms with E-state index in [-0.39, 0.29) is 6.10 Å². The molecule has 122 valence electrons. The third kappa shape index (κ3) is 3.61. The fourth-order valence-corrected chi connectivity index (χ4v) is 2.64. The van der Waals surface area contributed by atoms with Crippen LogP contribution in [0.3, 0.4) is 0 Å². The van der Waals surface area contributed by atoms with Gasteiger partial charge in [0.25, 0.3) is 0 Å². The van der Waals surface area contributed by atoms with Crippen molar-refractivity contribution in [2.45, 2.75) is 25.1 Å². The van der Waals surface area contributed by atoms with E-state index in [1.54, 1.807) is 12.3 Å². The second-order valence-corrected chi connectivity index (χ2v) is 5.56. The van der Waals surface area contributed by atoms with E-state index in [0.29, 0.717) is 23.8 Å². The van der Waals surface area contributed by atoms with Crippen molar-refractivity contribution in [2.75, 3.05) is 18.0 Å². The van der Waals surface area contributed by atoms with Gasteiger partial charge in [-0.05, 0) is 31.0 Å². The maximum Gasteiger partial charge on any atom is 0.416 e. The van der Waals surface area contributed by atoms with Crippen LogP contribution in [-0.2, 0) is 6.18 Å². The highest BCUT2D eigenvalue weighted by molar-refractivity contribution is 5.58. The molecule has 0 radical (unpaired) electrons. The van der Waals surface area contributed by atoms with Crippen LogP contribution in [-0.4, -0.2) is 34.3 Å². The first-order valence-corrected chi connectivity index (χ1v) is 7.37. The lowest BCUT2D eigenvalue weighted by atomic mass is 10.1. The highest BCUT2D eigenvalue weighted by Gasteiger charge is 2.30. The molecule has 1 unspecified atom stereocenters. The summed E-state index contributed by atoms with van der Waals surface area (Å²) in [5.41, 5.74) is -0.172. The van der Waals surface area contributed by atoms with Crippen molar-refractivity contribution in [3.8, 4) is 11.4 Å². The standard InChI is InChI=1S/C16H16F3N3O/c17-16(18,19)12-5-3-11(4-6-12)15-20-8-7-14(21-15)22-9-1-2-13(23)10-22/h3-8,13,23H,1-2,9-10H2. The van der Waals surface area contributed by atoms with Gasteiger partial charge in [-0.3, -0.25) is 0 Å². The van der Waals surface area contributed by atoms with Gasteiger partial charge in [-0.15, -0.1) is 0 Å². The number of aliphatic hydroxyl groups is 1. The minimum absolute atomic E-state index is 0.372. The number of hydrogen-bond donors (Lipinski definition) is 1. The number of alkyl halides is 3. The molecule has 1 aromatic heterocycles. The second kappa shape index (κ2) is 6.16. The summed E-state index contributed by atoms with van der Waals surface area (Å²) in [6, 6.07) is 6.53. The highest BCUT2D eigenvalue weighted by Crippen LogP contribution is 2.30. The molecule has 0 spiro atoms. The number of anilines is 1. The van der Waals surface area contributed by atoms with Gasteiger partial charge >= 0.3 is 6.18 Å². The van der Waals surface area contributed by atoms with E-state index < -0.39 is 11.7 Å². The Morgan fingerprint density at radius 3 is 2.52 bits per heavy atom. The Balaban J connectivity index is 1.85. The van der Waals surface area contributed by atoms with E-state index in [4.69, 9.17) is 0 Å². The van der Waals surface area contributed by atoms with Crippen LogP contribution in [0.5, 0.6) is 0 Å². The van der Waals surface area contributed by atoms with Gasteiger partial charge < -0.3 is 10.0 Å². The average molecular weight is 323 g/mol. The SMILES string of the molecule is OC1CCCN(c2ccnc(-c3ccc(C(F)(F)F)cc3)n2)C1. The van der Waals surface area contributed by atoms with Crippen LogP contribution in [0.4, 0.5) is 19.0 Å². The van der Waals surface area contributed by atoms with Crippen molar-refractivity contribution in [1.82, 2.24) is 9.97 Å². The Kier molecular flexibility index (Phi) is 4.21. The number of β-amino-alcohol motifs (C(OH)–C–C–N with tert-alkyl or cyclic N) is 1. The lowest BCUT2D eigenvalue weighted by Gasteiger charge is -2.31. The average Bonchev–Trinajstić information content (AvgIpc) is 2.54. The van der Waals surface area contributed by atoms with Crippen molar-refractivity contribution in [3.63, 3.8) is 0 Å². The zero-order chi connectivity index (χ0) is 16.4. The third-order valence-corrected chi connectivity index (χ3v) is 3.83. The van der Waals surface area contributed by atoms with Gasteiger partial charge in [-0.2, -0.15) is 13.2 Å². The number of nitrogens with zero attached hydrogens (tertiary/aromatic N) is 3. The number of halogens is 3. The Bertz CT molecular complexity index is 673. The van der Waals surface area contributed by atoms with Crippen LogP contribution in [0.25, 0.3) is 11.4 Å². The molecule has 0 amide bonds. The molecule has 4 nitrogen and oxygen atoms in total. The van der Waals surface area contributed by atoms with E-state index in [1.165, 1.54) is 12.1 Å². The molecule has 7 heteroatoms. The van der Waals surface area contributed by atoms with Gasteiger partial charge in [0.2, 0.25) is 0 Å². The molecule has 0 aliphatic carbocycles. The summed E-state index contributed by atoms with van der Waals surface area (Å²) in [6.45, 7) is 1.30. The Hall–Kier alpha value is -2.15. The molecule has 1 fully saturated rings. The van der Waals surface area contributed by atoms with Crippen molar-refractivity contribution in [3.05, 3.63) is 42.1 Å². The highest BCUT2D eigenvalue weighted by atomic mass is 19.4. The first kappa shape index (κ1) is 15.7. The first-order valence-electron chi connectivity index (χ1n) is 7.37. The van der Waals surface area contributed by atoms with Crippen LogP contribution in [0.15, 0.2) is 36.5 Å². The molecule has 23 heavy (non-hydrogen) atoms. The minimum Gasteiger partial charge on any atom is -0.391 e. The summed E-state index contributed by atoms with van der Waals surface area (Å²) in [6.07, 6.45) is -1.51. The zero-order valence-electron chi connectivity index (χ0n) is 12.3. The van der Waals surface area contributed by atoms with Gasteiger partial charge in [0.15, 0.2) is 5.82 Å². The summed E-state index contributed by atoms with van der Waals surface area (Å²) in [5.74, 6) is 1.05. The van der Waals surface area contributed by atoms with E-state index in [9.17, 15) is 18.3 Å². The summed E-state index contributed by atoms with van der Waals surface area (Å²) in [7, 11) is 0. The molecule has 1 atom stereocenters. The molecule has 3 rings (SSSR count). The first-order chi connectivity index (χ1) is 10.9. The monoisotopic (exact) mass is 323 g/mol. The third-order valence-electron chi connectivity index (χ3n) is 3.83. The van der Waals surface area contributed by atoms with Crippen molar-refractivity contribution in [2.24, 2.45) is 0 Å². The lowest BCUT2D eigenvalue weighted by Crippen LogP contribution is -2.38.